The largest absolute Gasteiger partial charge is 0.510 e. The van der Waals surface area contributed by atoms with Crippen molar-refractivity contribution in [1.29, 1.82) is 0 Å². The standard InChI is InChI=1S/C6H7NO3S/c7-6-4(8)2-1-3-5(6)11(9)10/h1-3,6,8H,7H2. The molecule has 1 rings (SSSR count). The summed E-state index contributed by atoms with van der Waals surface area (Å²) >= 11 is 0. The van der Waals surface area contributed by atoms with E-state index in [1.54, 1.807) is 0 Å². The van der Waals surface area contributed by atoms with E-state index in [4.69, 9.17) is 10.8 Å². The molecule has 3 N–H and O–H groups in total. The van der Waals surface area contributed by atoms with Crippen molar-refractivity contribution in [3.63, 3.8) is 0 Å². The highest BCUT2D eigenvalue weighted by atomic mass is 32.2. The second kappa shape index (κ2) is 2.89. The molecule has 1 atom stereocenters. The first-order valence-corrected chi connectivity index (χ1v) is 3.99. The zero-order chi connectivity index (χ0) is 8.43. The van der Waals surface area contributed by atoms with Gasteiger partial charge in [-0.25, -0.2) is 0 Å². The zero-order valence-corrected chi connectivity index (χ0v) is 6.38. The minimum absolute atomic E-state index is 0.00463. The Hall–Kier alpha value is -1.07. The lowest BCUT2D eigenvalue weighted by atomic mass is 10.1. The molecule has 0 aromatic heterocycles. The van der Waals surface area contributed by atoms with Crippen molar-refractivity contribution in [2.75, 3.05) is 0 Å². The van der Waals surface area contributed by atoms with Gasteiger partial charge in [-0.3, -0.25) is 0 Å². The number of aliphatic hydroxyl groups is 1. The topological polar surface area (TPSA) is 80.4 Å². The van der Waals surface area contributed by atoms with Crippen LogP contribution < -0.4 is 5.73 Å². The van der Waals surface area contributed by atoms with Crippen LogP contribution in [0.25, 0.3) is 0 Å². The monoisotopic (exact) mass is 173 g/mol. The molecule has 0 fully saturated rings. The fourth-order valence-electron chi connectivity index (χ4n) is 0.754. The fraction of sp³-hybridized carbons (Fsp3) is 0.167. The molecule has 0 aromatic carbocycles. The number of nitrogens with two attached hydrogens (primary N) is 1. The normalized spacial score (nSPS) is 23.2. The van der Waals surface area contributed by atoms with Crippen LogP contribution in [0, 0.1) is 0 Å². The third-order valence-corrected chi connectivity index (χ3v) is 2.12. The molecule has 0 saturated carbocycles. The van der Waals surface area contributed by atoms with Crippen LogP contribution >= 0.6 is 0 Å². The molecule has 0 bridgehead atoms. The van der Waals surface area contributed by atoms with Gasteiger partial charge in [0.05, 0.1) is 4.86 Å². The van der Waals surface area contributed by atoms with E-state index in [0.29, 0.717) is 0 Å². The molecular formula is C6H7NO3S. The molecule has 1 unspecified atom stereocenters. The highest BCUT2D eigenvalue weighted by Crippen LogP contribution is 2.04. The highest BCUT2D eigenvalue weighted by Gasteiger charge is 2.16. The van der Waals surface area contributed by atoms with Crippen LogP contribution in [0.15, 0.2) is 24.0 Å². The minimum Gasteiger partial charge on any atom is -0.510 e. The number of rotatable bonds is 0. The fourth-order valence-corrected chi connectivity index (χ4v) is 1.27. The number of hydrogen-bond acceptors (Lipinski definition) is 4. The lowest BCUT2D eigenvalue weighted by Gasteiger charge is -2.10. The number of allylic oxidation sites excluding steroid dienone is 2. The van der Waals surface area contributed by atoms with Crippen LogP contribution in [0.3, 0.4) is 0 Å². The predicted octanol–water partition coefficient (Wildman–Crippen LogP) is -0.623. The Labute approximate surface area is 65.2 Å². The van der Waals surface area contributed by atoms with E-state index >= 15 is 0 Å². The molecule has 11 heavy (non-hydrogen) atoms. The SMILES string of the molecule is NC1C(O)=CC=CC1=S(=O)=O. The Kier molecular flexibility index (Phi) is 2.11. The quantitative estimate of drug-likeness (QED) is 0.478. The van der Waals surface area contributed by atoms with Crippen molar-refractivity contribution < 1.29 is 13.5 Å². The summed E-state index contributed by atoms with van der Waals surface area (Å²) in [5.41, 5.74) is 5.32. The zero-order valence-electron chi connectivity index (χ0n) is 5.56. The summed E-state index contributed by atoms with van der Waals surface area (Å²) in [6, 6.07) is -0.904. The summed E-state index contributed by atoms with van der Waals surface area (Å²) in [6.45, 7) is 0. The Balaban J connectivity index is 3.20. The molecule has 5 heteroatoms. The van der Waals surface area contributed by atoms with E-state index < -0.39 is 16.3 Å². The van der Waals surface area contributed by atoms with Gasteiger partial charge in [-0.2, -0.15) is 8.42 Å². The molecule has 0 radical (unpaired) electrons. The molecule has 0 aliphatic heterocycles. The predicted molar refractivity (Wildman–Crippen MR) is 41.8 cm³/mol. The Morgan fingerprint density at radius 1 is 1.55 bits per heavy atom. The number of aliphatic hydroxyl groups excluding tert-OH is 1. The van der Waals surface area contributed by atoms with Gasteiger partial charge in [0.15, 0.2) is 0 Å². The summed E-state index contributed by atoms with van der Waals surface area (Å²) < 4.78 is 20.8. The van der Waals surface area contributed by atoms with Gasteiger partial charge in [0, 0.05) is 0 Å². The third-order valence-electron chi connectivity index (χ3n) is 1.35. The van der Waals surface area contributed by atoms with Gasteiger partial charge >= 0.3 is 0 Å². The van der Waals surface area contributed by atoms with Gasteiger partial charge in [-0.1, -0.05) is 6.08 Å². The van der Waals surface area contributed by atoms with E-state index in [9.17, 15) is 8.42 Å². The maximum atomic E-state index is 10.4. The first-order chi connectivity index (χ1) is 5.13. The molecule has 0 saturated heterocycles. The van der Waals surface area contributed by atoms with Crippen molar-refractivity contribution >= 4 is 15.2 Å². The molecular weight excluding hydrogens is 166 g/mol. The van der Waals surface area contributed by atoms with Crippen molar-refractivity contribution in [3.05, 3.63) is 24.0 Å². The average Bonchev–Trinajstić information content (AvgIpc) is 1.94. The van der Waals surface area contributed by atoms with Crippen LogP contribution in [-0.2, 0) is 10.3 Å². The maximum absolute atomic E-state index is 10.4. The Morgan fingerprint density at radius 3 is 2.64 bits per heavy atom. The first kappa shape index (κ1) is 8.03. The van der Waals surface area contributed by atoms with Crippen molar-refractivity contribution in [1.82, 2.24) is 0 Å². The smallest absolute Gasteiger partial charge is 0.219 e. The van der Waals surface area contributed by atoms with Crippen LogP contribution in [-0.4, -0.2) is 24.4 Å². The molecule has 0 heterocycles. The van der Waals surface area contributed by atoms with Gasteiger partial charge in [0.25, 0.3) is 0 Å². The first-order valence-electron chi connectivity index (χ1n) is 2.92. The molecule has 1 aliphatic rings. The van der Waals surface area contributed by atoms with Crippen LogP contribution in [0.4, 0.5) is 0 Å². The Bertz CT molecular complexity index is 342. The summed E-state index contributed by atoms with van der Waals surface area (Å²) in [7, 11) is -2.35. The molecule has 0 amide bonds. The number of hydrogen-bond donors (Lipinski definition) is 2. The summed E-state index contributed by atoms with van der Waals surface area (Å²) in [6.07, 6.45) is 4.15. The minimum atomic E-state index is -2.35. The lowest BCUT2D eigenvalue weighted by molar-refractivity contribution is 0.390. The average molecular weight is 173 g/mol. The van der Waals surface area contributed by atoms with Gasteiger partial charge in [-0.05, 0) is 12.2 Å². The molecule has 0 aromatic rings. The van der Waals surface area contributed by atoms with E-state index in [1.807, 2.05) is 0 Å². The summed E-state index contributed by atoms with van der Waals surface area (Å²) in [5, 5.41) is 8.99. The maximum Gasteiger partial charge on any atom is 0.219 e. The van der Waals surface area contributed by atoms with Crippen LogP contribution in [0.1, 0.15) is 0 Å². The summed E-state index contributed by atoms with van der Waals surface area (Å²) in [5.74, 6) is -0.133. The molecule has 0 spiro atoms. The summed E-state index contributed by atoms with van der Waals surface area (Å²) in [4.78, 5) is 0.00463. The molecule has 4 nitrogen and oxygen atoms in total. The third kappa shape index (κ3) is 1.50. The molecule has 60 valence electrons. The highest BCUT2D eigenvalue weighted by molar-refractivity contribution is 7.73. The van der Waals surface area contributed by atoms with Crippen molar-refractivity contribution in [3.8, 4) is 0 Å². The van der Waals surface area contributed by atoms with Crippen molar-refractivity contribution in [2.45, 2.75) is 6.04 Å². The van der Waals surface area contributed by atoms with Gasteiger partial charge in [-0.15, -0.1) is 0 Å². The second-order valence-electron chi connectivity index (χ2n) is 2.07. The van der Waals surface area contributed by atoms with Gasteiger partial charge < -0.3 is 10.8 Å². The Morgan fingerprint density at radius 2 is 2.18 bits per heavy atom. The van der Waals surface area contributed by atoms with E-state index in [1.165, 1.54) is 18.2 Å². The van der Waals surface area contributed by atoms with E-state index in [2.05, 4.69) is 0 Å². The van der Waals surface area contributed by atoms with Crippen molar-refractivity contribution in [2.24, 2.45) is 5.73 Å². The van der Waals surface area contributed by atoms with Gasteiger partial charge in [0.1, 0.15) is 11.8 Å². The lowest BCUT2D eigenvalue weighted by Crippen LogP contribution is -2.33. The van der Waals surface area contributed by atoms with E-state index in [-0.39, 0.29) is 10.6 Å². The van der Waals surface area contributed by atoms with E-state index in [0.717, 1.165) is 0 Å². The van der Waals surface area contributed by atoms with Crippen LogP contribution in [0.2, 0.25) is 0 Å². The van der Waals surface area contributed by atoms with Gasteiger partial charge in [0.2, 0.25) is 10.3 Å². The molecule has 1 aliphatic carbocycles. The second-order valence-corrected chi connectivity index (χ2v) is 3.01. The van der Waals surface area contributed by atoms with Crippen LogP contribution in [0.5, 0.6) is 0 Å².